The molecule has 1 aromatic rings. The third kappa shape index (κ3) is 1.54. The van der Waals surface area contributed by atoms with Crippen LogP contribution in [0.25, 0.3) is 0 Å². The Hall–Kier alpha value is -1.02. The van der Waals surface area contributed by atoms with Gasteiger partial charge < -0.3 is 10.5 Å². The van der Waals surface area contributed by atoms with E-state index in [9.17, 15) is 0 Å². The maximum absolute atomic E-state index is 5.53. The number of ether oxygens (including phenoxy) is 1. The number of nitrogens with two attached hydrogens (primary N) is 1. The number of hydrogen-bond donors (Lipinski definition) is 1. The molecule has 0 radical (unpaired) electrons. The molecule has 2 N–H and O–H groups in total. The Morgan fingerprint density at radius 1 is 1.46 bits per heavy atom. The smallest absolute Gasteiger partial charge is 0.125 e. The first-order valence-electron chi connectivity index (χ1n) is 4.76. The molecule has 2 heteroatoms. The molecule has 2 nitrogen and oxygen atoms in total. The van der Waals surface area contributed by atoms with E-state index in [1.54, 1.807) is 0 Å². The summed E-state index contributed by atoms with van der Waals surface area (Å²) in [5.74, 6) is 1.10. The average Bonchev–Trinajstić information content (AvgIpc) is 2.53. The van der Waals surface area contributed by atoms with Crippen LogP contribution in [0.5, 0.6) is 5.75 Å². The van der Waals surface area contributed by atoms with E-state index < -0.39 is 0 Å². The molecule has 0 unspecified atom stereocenters. The van der Waals surface area contributed by atoms with Crippen LogP contribution in [0.1, 0.15) is 16.7 Å². The van der Waals surface area contributed by atoms with Gasteiger partial charge in [0.05, 0.1) is 6.61 Å². The zero-order valence-electron chi connectivity index (χ0n) is 7.97. The number of aryl methyl sites for hydroxylation is 1. The van der Waals surface area contributed by atoms with E-state index in [0.717, 1.165) is 31.7 Å². The fourth-order valence-electron chi connectivity index (χ4n) is 1.89. The third-order valence-corrected chi connectivity index (χ3v) is 2.46. The van der Waals surface area contributed by atoms with Crippen molar-refractivity contribution in [3.05, 3.63) is 28.8 Å². The second kappa shape index (κ2) is 3.38. The molecule has 0 saturated carbocycles. The van der Waals surface area contributed by atoms with Crippen LogP contribution in [0.4, 0.5) is 0 Å². The summed E-state index contributed by atoms with van der Waals surface area (Å²) in [5, 5.41) is 0. The highest BCUT2D eigenvalue weighted by molar-refractivity contribution is 5.46. The summed E-state index contributed by atoms with van der Waals surface area (Å²) in [6.07, 6.45) is 2.02. The molecule has 1 aromatic carbocycles. The standard InChI is InChI=1S/C11H15NO/c1-8-6-9(2-4-12)7-10-3-5-13-11(8)10/h6-7H,2-5,12H2,1H3. The van der Waals surface area contributed by atoms with Gasteiger partial charge in [-0.2, -0.15) is 0 Å². The van der Waals surface area contributed by atoms with Gasteiger partial charge in [-0.15, -0.1) is 0 Å². The van der Waals surface area contributed by atoms with E-state index in [4.69, 9.17) is 10.5 Å². The third-order valence-electron chi connectivity index (χ3n) is 2.46. The quantitative estimate of drug-likeness (QED) is 0.741. The Bertz CT molecular complexity index is 320. The van der Waals surface area contributed by atoms with E-state index in [-0.39, 0.29) is 0 Å². The van der Waals surface area contributed by atoms with Gasteiger partial charge in [0.1, 0.15) is 5.75 Å². The summed E-state index contributed by atoms with van der Waals surface area (Å²) < 4.78 is 5.53. The molecule has 13 heavy (non-hydrogen) atoms. The van der Waals surface area contributed by atoms with E-state index in [1.807, 2.05) is 0 Å². The van der Waals surface area contributed by atoms with Crippen LogP contribution in [0.2, 0.25) is 0 Å². The lowest BCUT2D eigenvalue weighted by atomic mass is 10.0. The summed E-state index contributed by atoms with van der Waals surface area (Å²) in [6, 6.07) is 4.40. The molecule has 2 rings (SSSR count). The van der Waals surface area contributed by atoms with E-state index in [1.165, 1.54) is 16.7 Å². The van der Waals surface area contributed by atoms with Crippen LogP contribution in [0, 0.1) is 6.92 Å². The van der Waals surface area contributed by atoms with Crippen molar-refractivity contribution in [1.29, 1.82) is 0 Å². The highest BCUT2D eigenvalue weighted by Gasteiger charge is 2.14. The maximum Gasteiger partial charge on any atom is 0.125 e. The molecule has 0 spiro atoms. The molecule has 0 aliphatic carbocycles. The van der Waals surface area contributed by atoms with Crippen molar-refractivity contribution in [2.24, 2.45) is 5.73 Å². The molecule has 1 aliphatic heterocycles. The van der Waals surface area contributed by atoms with Gasteiger partial charge in [-0.05, 0) is 36.6 Å². The molecule has 0 bridgehead atoms. The average molecular weight is 177 g/mol. The van der Waals surface area contributed by atoms with Gasteiger partial charge in [0.25, 0.3) is 0 Å². The minimum absolute atomic E-state index is 0.721. The van der Waals surface area contributed by atoms with Crippen molar-refractivity contribution in [2.45, 2.75) is 19.8 Å². The summed E-state index contributed by atoms with van der Waals surface area (Å²) in [6.45, 7) is 3.66. The Morgan fingerprint density at radius 2 is 2.31 bits per heavy atom. The van der Waals surface area contributed by atoms with Crippen molar-refractivity contribution in [3.63, 3.8) is 0 Å². The van der Waals surface area contributed by atoms with Gasteiger partial charge in [0.15, 0.2) is 0 Å². The summed E-state index contributed by atoms with van der Waals surface area (Å²) >= 11 is 0. The SMILES string of the molecule is Cc1cc(CCN)cc2c1OCC2. The van der Waals surface area contributed by atoms with Crippen LogP contribution in [-0.4, -0.2) is 13.2 Å². The lowest BCUT2D eigenvalue weighted by Gasteiger charge is -2.06. The van der Waals surface area contributed by atoms with Crippen molar-refractivity contribution in [3.8, 4) is 5.75 Å². The second-order valence-electron chi connectivity index (χ2n) is 3.54. The van der Waals surface area contributed by atoms with E-state index >= 15 is 0 Å². The van der Waals surface area contributed by atoms with Gasteiger partial charge in [0, 0.05) is 6.42 Å². The molecule has 1 heterocycles. The number of rotatable bonds is 2. The zero-order valence-corrected chi connectivity index (χ0v) is 7.97. The first kappa shape index (κ1) is 8.57. The first-order valence-corrected chi connectivity index (χ1v) is 4.76. The Labute approximate surface area is 78.7 Å². The van der Waals surface area contributed by atoms with Gasteiger partial charge in [-0.1, -0.05) is 12.1 Å². The maximum atomic E-state index is 5.53. The van der Waals surface area contributed by atoms with Crippen molar-refractivity contribution in [2.75, 3.05) is 13.2 Å². The minimum atomic E-state index is 0.721. The molecule has 0 aromatic heterocycles. The lowest BCUT2D eigenvalue weighted by molar-refractivity contribution is 0.354. The van der Waals surface area contributed by atoms with Gasteiger partial charge in [0.2, 0.25) is 0 Å². The van der Waals surface area contributed by atoms with Crippen LogP contribution in [-0.2, 0) is 12.8 Å². The molecule has 70 valence electrons. The van der Waals surface area contributed by atoms with Crippen molar-refractivity contribution >= 4 is 0 Å². The van der Waals surface area contributed by atoms with E-state index in [0.29, 0.717) is 0 Å². The van der Waals surface area contributed by atoms with Crippen LogP contribution < -0.4 is 10.5 Å². The largest absolute Gasteiger partial charge is 0.493 e. The monoisotopic (exact) mass is 177 g/mol. The fourth-order valence-corrected chi connectivity index (χ4v) is 1.89. The van der Waals surface area contributed by atoms with E-state index in [2.05, 4.69) is 19.1 Å². The summed E-state index contributed by atoms with van der Waals surface area (Å²) in [7, 11) is 0. The highest BCUT2D eigenvalue weighted by atomic mass is 16.5. The zero-order chi connectivity index (χ0) is 9.26. The Balaban J connectivity index is 2.37. The summed E-state index contributed by atoms with van der Waals surface area (Å²) in [4.78, 5) is 0. The normalized spacial score (nSPS) is 14.0. The fraction of sp³-hybridized carbons (Fsp3) is 0.455. The first-order chi connectivity index (χ1) is 6.31. The molecule has 0 fully saturated rings. The van der Waals surface area contributed by atoms with Gasteiger partial charge in [-0.25, -0.2) is 0 Å². The van der Waals surface area contributed by atoms with Crippen LogP contribution in [0.3, 0.4) is 0 Å². The topological polar surface area (TPSA) is 35.2 Å². The number of benzene rings is 1. The minimum Gasteiger partial charge on any atom is -0.493 e. The Kier molecular flexibility index (Phi) is 2.23. The number of hydrogen-bond acceptors (Lipinski definition) is 2. The predicted octanol–water partition coefficient (Wildman–Crippen LogP) is 1.43. The second-order valence-corrected chi connectivity index (χ2v) is 3.54. The predicted molar refractivity (Wildman–Crippen MR) is 53.1 cm³/mol. The van der Waals surface area contributed by atoms with Gasteiger partial charge in [-0.3, -0.25) is 0 Å². The van der Waals surface area contributed by atoms with Gasteiger partial charge >= 0.3 is 0 Å². The van der Waals surface area contributed by atoms with Crippen LogP contribution in [0.15, 0.2) is 12.1 Å². The highest BCUT2D eigenvalue weighted by Crippen LogP contribution is 2.30. The van der Waals surface area contributed by atoms with Crippen LogP contribution >= 0.6 is 0 Å². The molecule has 0 amide bonds. The molecule has 0 saturated heterocycles. The van der Waals surface area contributed by atoms with Crippen molar-refractivity contribution < 1.29 is 4.74 Å². The van der Waals surface area contributed by atoms with Crippen molar-refractivity contribution in [1.82, 2.24) is 0 Å². The molecule has 1 aliphatic rings. The summed E-state index contributed by atoms with van der Waals surface area (Å²) in [5.41, 5.74) is 9.46. The molecular formula is C11H15NO. The molecule has 0 atom stereocenters. The number of fused-ring (bicyclic) bond motifs is 1. The lowest BCUT2D eigenvalue weighted by Crippen LogP contribution is -2.03. The molecular weight excluding hydrogens is 162 g/mol. The Morgan fingerprint density at radius 3 is 3.08 bits per heavy atom.